The number of benzene rings is 1. The average molecular weight is 359 g/mol. The van der Waals surface area contributed by atoms with Crippen molar-refractivity contribution >= 4 is 10.2 Å². The molecule has 3 rings (SSSR count). The molecule has 2 heterocycles. The van der Waals surface area contributed by atoms with Crippen LogP contribution in [0.2, 0.25) is 0 Å². The van der Waals surface area contributed by atoms with Crippen LogP contribution < -0.4 is 0 Å². The second-order valence-corrected chi connectivity index (χ2v) is 8.95. The van der Waals surface area contributed by atoms with Crippen molar-refractivity contribution in [1.29, 1.82) is 0 Å². The predicted molar refractivity (Wildman–Crippen MR) is 101 cm³/mol. The van der Waals surface area contributed by atoms with Crippen molar-refractivity contribution in [3.05, 3.63) is 53.7 Å². The fourth-order valence-corrected chi connectivity index (χ4v) is 4.46. The first-order chi connectivity index (χ1) is 11.9. The molecule has 0 radical (unpaired) electrons. The van der Waals surface area contributed by atoms with Crippen molar-refractivity contribution < 1.29 is 8.42 Å². The highest BCUT2D eigenvalue weighted by molar-refractivity contribution is 7.86. The summed E-state index contributed by atoms with van der Waals surface area (Å²) in [6.07, 6.45) is 1.82. The van der Waals surface area contributed by atoms with Gasteiger partial charge >= 0.3 is 0 Å². The zero-order valence-electron chi connectivity index (χ0n) is 15.0. The zero-order valence-corrected chi connectivity index (χ0v) is 15.8. The number of aryl methyl sites for hydroxylation is 1. The fourth-order valence-electron chi connectivity index (χ4n) is 3.27. The Kier molecular flexibility index (Phi) is 5.22. The Balaban J connectivity index is 1.86. The SMILES string of the molecule is Cc1cccc(-c2cccc([C@H]3CCCN(S(=O)(=O)N(C)C)C3)n2)c1. The molecule has 0 unspecified atom stereocenters. The molecule has 6 heteroatoms. The first kappa shape index (κ1) is 18.0. The van der Waals surface area contributed by atoms with E-state index in [4.69, 9.17) is 4.98 Å². The van der Waals surface area contributed by atoms with Crippen LogP contribution in [0.3, 0.4) is 0 Å². The largest absolute Gasteiger partial charge is 0.281 e. The normalized spacial score (nSPS) is 19.3. The minimum atomic E-state index is -3.37. The third-order valence-corrected chi connectivity index (χ3v) is 6.58. The van der Waals surface area contributed by atoms with Crippen LogP contribution in [0.4, 0.5) is 0 Å². The van der Waals surface area contributed by atoms with Gasteiger partial charge in [0.15, 0.2) is 0 Å². The molecule has 0 amide bonds. The quantitative estimate of drug-likeness (QED) is 0.843. The van der Waals surface area contributed by atoms with Gasteiger partial charge in [-0.15, -0.1) is 0 Å². The molecule has 1 aromatic heterocycles. The summed E-state index contributed by atoms with van der Waals surface area (Å²) >= 11 is 0. The monoisotopic (exact) mass is 359 g/mol. The highest BCUT2D eigenvalue weighted by Gasteiger charge is 2.31. The molecule has 134 valence electrons. The van der Waals surface area contributed by atoms with E-state index < -0.39 is 10.2 Å². The summed E-state index contributed by atoms with van der Waals surface area (Å²) in [4.78, 5) is 4.83. The van der Waals surface area contributed by atoms with Crippen molar-refractivity contribution in [2.45, 2.75) is 25.7 Å². The Bertz CT molecular complexity index is 849. The maximum absolute atomic E-state index is 12.4. The molecule has 1 saturated heterocycles. The molecule has 0 bridgehead atoms. The molecule has 0 N–H and O–H groups in total. The third kappa shape index (κ3) is 3.92. The summed E-state index contributed by atoms with van der Waals surface area (Å²) in [6, 6.07) is 14.3. The number of piperidine rings is 1. The van der Waals surface area contributed by atoms with E-state index in [1.165, 1.54) is 9.87 Å². The van der Waals surface area contributed by atoms with E-state index in [-0.39, 0.29) is 5.92 Å². The molecule has 1 aliphatic heterocycles. The van der Waals surface area contributed by atoms with Gasteiger partial charge in [-0.2, -0.15) is 17.0 Å². The molecule has 1 fully saturated rings. The molecular formula is C19H25N3O2S. The van der Waals surface area contributed by atoms with Gasteiger partial charge in [0.25, 0.3) is 10.2 Å². The fraction of sp³-hybridized carbons (Fsp3) is 0.421. The van der Waals surface area contributed by atoms with Gasteiger partial charge in [-0.25, -0.2) is 0 Å². The minimum Gasteiger partial charge on any atom is -0.252 e. The van der Waals surface area contributed by atoms with Gasteiger partial charge in [-0.05, 0) is 38.0 Å². The molecule has 2 aromatic rings. The second-order valence-electron chi connectivity index (χ2n) is 6.80. The van der Waals surface area contributed by atoms with E-state index in [1.807, 2.05) is 24.3 Å². The number of nitrogens with zero attached hydrogens (tertiary/aromatic N) is 3. The molecule has 0 saturated carbocycles. The van der Waals surface area contributed by atoms with E-state index in [0.29, 0.717) is 13.1 Å². The third-order valence-electron chi connectivity index (χ3n) is 4.67. The number of hydrogen-bond donors (Lipinski definition) is 0. The minimum absolute atomic E-state index is 0.133. The lowest BCUT2D eigenvalue weighted by atomic mass is 9.95. The van der Waals surface area contributed by atoms with Gasteiger partial charge in [0.05, 0.1) is 5.69 Å². The van der Waals surface area contributed by atoms with Crippen molar-refractivity contribution in [2.75, 3.05) is 27.2 Å². The summed E-state index contributed by atoms with van der Waals surface area (Å²) in [5, 5.41) is 0. The van der Waals surface area contributed by atoms with Crippen LogP contribution in [-0.2, 0) is 10.2 Å². The van der Waals surface area contributed by atoms with Crippen LogP contribution in [0.25, 0.3) is 11.3 Å². The summed E-state index contributed by atoms with van der Waals surface area (Å²) in [5.41, 5.74) is 4.20. The van der Waals surface area contributed by atoms with Crippen LogP contribution in [-0.4, -0.2) is 49.2 Å². The van der Waals surface area contributed by atoms with Gasteiger partial charge in [0.2, 0.25) is 0 Å². The Labute approximate surface area is 150 Å². The lowest BCUT2D eigenvalue weighted by Crippen LogP contribution is -2.45. The maximum Gasteiger partial charge on any atom is 0.281 e. The standard InChI is InChI=1S/C19H25N3O2S/c1-15-7-4-8-16(13-15)18-10-5-11-19(20-18)17-9-6-12-22(14-17)25(23,24)21(2)3/h4-5,7-8,10-11,13,17H,6,9,12,14H2,1-3H3/t17-/m0/s1. The summed E-state index contributed by atoms with van der Waals surface area (Å²) in [7, 11) is -0.212. The molecular weight excluding hydrogens is 334 g/mol. The van der Waals surface area contributed by atoms with E-state index in [1.54, 1.807) is 18.4 Å². The van der Waals surface area contributed by atoms with E-state index in [0.717, 1.165) is 29.8 Å². The number of rotatable bonds is 4. The van der Waals surface area contributed by atoms with E-state index >= 15 is 0 Å². The predicted octanol–water partition coefficient (Wildman–Crippen LogP) is 3.04. The van der Waals surface area contributed by atoms with Crippen LogP contribution in [0.1, 0.15) is 30.0 Å². The van der Waals surface area contributed by atoms with Gasteiger partial charge in [-0.3, -0.25) is 4.98 Å². The number of aromatic nitrogens is 1. The van der Waals surface area contributed by atoms with E-state index in [2.05, 4.69) is 25.1 Å². The summed E-state index contributed by atoms with van der Waals surface area (Å²) < 4.78 is 27.7. The zero-order chi connectivity index (χ0) is 18.0. The van der Waals surface area contributed by atoms with E-state index in [9.17, 15) is 8.42 Å². The van der Waals surface area contributed by atoms with Gasteiger partial charge in [0, 0.05) is 44.4 Å². The second kappa shape index (κ2) is 7.23. The Morgan fingerprint density at radius 3 is 2.64 bits per heavy atom. The first-order valence-electron chi connectivity index (χ1n) is 8.59. The first-order valence-corrected chi connectivity index (χ1v) is 9.99. The van der Waals surface area contributed by atoms with Crippen LogP contribution in [0.15, 0.2) is 42.5 Å². The summed E-state index contributed by atoms with van der Waals surface area (Å²) in [6.45, 7) is 3.14. The van der Waals surface area contributed by atoms with Crippen molar-refractivity contribution in [3.63, 3.8) is 0 Å². The highest BCUT2D eigenvalue weighted by atomic mass is 32.2. The number of pyridine rings is 1. The van der Waals surface area contributed by atoms with Crippen LogP contribution in [0, 0.1) is 6.92 Å². The highest BCUT2D eigenvalue weighted by Crippen LogP contribution is 2.29. The van der Waals surface area contributed by atoms with Gasteiger partial charge < -0.3 is 0 Å². The number of hydrogen-bond acceptors (Lipinski definition) is 3. The smallest absolute Gasteiger partial charge is 0.252 e. The Hall–Kier alpha value is -1.76. The Morgan fingerprint density at radius 2 is 1.92 bits per heavy atom. The molecule has 5 nitrogen and oxygen atoms in total. The van der Waals surface area contributed by atoms with Crippen molar-refractivity contribution in [3.8, 4) is 11.3 Å². The lowest BCUT2D eigenvalue weighted by Gasteiger charge is -2.33. The average Bonchev–Trinajstić information content (AvgIpc) is 2.62. The maximum atomic E-state index is 12.4. The lowest BCUT2D eigenvalue weighted by molar-refractivity contribution is 0.296. The van der Waals surface area contributed by atoms with Crippen LogP contribution >= 0.6 is 0 Å². The van der Waals surface area contributed by atoms with Crippen LogP contribution in [0.5, 0.6) is 0 Å². The topological polar surface area (TPSA) is 53.5 Å². The molecule has 25 heavy (non-hydrogen) atoms. The molecule has 1 aliphatic rings. The van der Waals surface area contributed by atoms with Crippen molar-refractivity contribution in [2.24, 2.45) is 0 Å². The molecule has 0 aliphatic carbocycles. The molecule has 1 atom stereocenters. The van der Waals surface area contributed by atoms with Gasteiger partial charge in [0.1, 0.15) is 0 Å². The summed E-state index contributed by atoms with van der Waals surface area (Å²) in [5.74, 6) is 0.133. The molecule has 0 spiro atoms. The van der Waals surface area contributed by atoms with Gasteiger partial charge in [-0.1, -0.05) is 29.8 Å². The Morgan fingerprint density at radius 1 is 1.16 bits per heavy atom. The molecule has 1 aromatic carbocycles. The van der Waals surface area contributed by atoms with Crippen molar-refractivity contribution in [1.82, 2.24) is 13.6 Å².